The fraction of sp³-hybridized carbons (Fsp3) is 0.200. The predicted molar refractivity (Wildman–Crippen MR) is 242 cm³/mol. The normalized spacial score (nSPS) is 18.2. The van der Waals surface area contributed by atoms with Crippen molar-refractivity contribution in [3.8, 4) is 22.6 Å². The summed E-state index contributed by atoms with van der Waals surface area (Å²) in [6, 6.07) is 49.5. The Morgan fingerprint density at radius 1 is 0.758 bits per heavy atom. The smallest absolute Gasteiger partial charge is 0.256 e. The second kappa shape index (κ2) is 19.5. The second-order valence-electron chi connectivity index (χ2n) is 15.3. The molecule has 316 valence electrons. The molecule has 0 saturated carbocycles. The molecule has 0 bridgehead atoms. The number of nitrogens with one attached hydrogen (secondary N) is 2. The second-order valence-corrected chi connectivity index (χ2v) is 18.0. The summed E-state index contributed by atoms with van der Waals surface area (Å²) in [6.07, 6.45) is -1.43. The van der Waals surface area contributed by atoms with E-state index in [1.165, 1.54) is 23.9 Å². The van der Waals surface area contributed by atoms with E-state index in [2.05, 4.69) is 17.0 Å². The molecule has 6 aromatic carbocycles. The molecule has 1 aromatic heterocycles. The maximum atomic E-state index is 14.0. The molecule has 5 atom stereocenters. The Morgan fingerprint density at radius 3 is 2.10 bits per heavy atom. The zero-order valence-electron chi connectivity index (χ0n) is 34.3. The fourth-order valence-corrected chi connectivity index (χ4v) is 9.59. The van der Waals surface area contributed by atoms with Crippen molar-refractivity contribution in [3.05, 3.63) is 192 Å². The summed E-state index contributed by atoms with van der Waals surface area (Å²) in [7, 11) is -4.04. The first-order valence-electron chi connectivity index (χ1n) is 20.4. The van der Waals surface area contributed by atoms with Crippen LogP contribution in [0.4, 0.5) is 5.69 Å². The molecule has 1 fully saturated rings. The molecular weight excluding hydrogens is 819 g/mol. The Morgan fingerprint density at radius 2 is 1.42 bits per heavy atom. The number of aliphatic hydroxyl groups is 1. The van der Waals surface area contributed by atoms with Gasteiger partial charge in [-0.25, -0.2) is 13.4 Å². The summed E-state index contributed by atoms with van der Waals surface area (Å²) in [4.78, 5) is 19.1. The average Bonchev–Trinajstić information content (AvgIpc) is 3.74. The topological polar surface area (TPSA) is 140 Å². The van der Waals surface area contributed by atoms with E-state index in [1.807, 2.05) is 128 Å². The highest BCUT2D eigenvalue weighted by atomic mass is 32.2. The van der Waals surface area contributed by atoms with Crippen LogP contribution in [0.25, 0.3) is 22.6 Å². The van der Waals surface area contributed by atoms with Gasteiger partial charge in [-0.1, -0.05) is 164 Å². The van der Waals surface area contributed by atoms with E-state index in [9.17, 15) is 18.3 Å². The van der Waals surface area contributed by atoms with E-state index in [-0.39, 0.29) is 36.0 Å². The number of benzene rings is 6. The summed E-state index contributed by atoms with van der Waals surface area (Å²) >= 11 is 1.47. The van der Waals surface area contributed by atoms with Crippen molar-refractivity contribution in [1.29, 1.82) is 0 Å². The van der Waals surface area contributed by atoms with Crippen molar-refractivity contribution in [2.45, 2.75) is 61.5 Å². The van der Waals surface area contributed by atoms with Crippen LogP contribution in [0.1, 0.15) is 47.1 Å². The van der Waals surface area contributed by atoms with Gasteiger partial charge in [0.1, 0.15) is 11.7 Å². The molecule has 1 saturated heterocycles. The maximum absolute atomic E-state index is 14.0. The molecule has 0 spiro atoms. The van der Waals surface area contributed by atoms with Crippen molar-refractivity contribution < 1.29 is 32.2 Å². The van der Waals surface area contributed by atoms with E-state index >= 15 is 0 Å². The van der Waals surface area contributed by atoms with Crippen LogP contribution in [0, 0.1) is 12.8 Å². The van der Waals surface area contributed by atoms with Crippen LogP contribution >= 0.6 is 11.8 Å². The van der Waals surface area contributed by atoms with Crippen LogP contribution in [0.5, 0.6) is 0 Å². The van der Waals surface area contributed by atoms with Crippen molar-refractivity contribution in [1.82, 2.24) is 9.71 Å². The monoisotopic (exact) mass is 865 g/mol. The standard InChI is InChI=1S/C50H47N3O7S2/c1-33-21-27-42(28-22-33)62(56,57)53-43(29-35-13-6-3-7-14-35)48(55)51-41-20-12-19-40(30-41)49-58-44(34(2)46(59-49)39-25-23-36(31-54)24-26-39)32-61-50-52-45(37-15-8-4-9-16-37)47(60-50)38-17-10-5-11-18-38/h3-28,30,34,43-44,46,49,53-54H,29,31-32H2,1-2H3,(H,51,55). The van der Waals surface area contributed by atoms with E-state index in [0.717, 1.165) is 39.1 Å². The number of carbonyl (C=O) groups excluding carboxylic acids is 1. The summed E-state index contributed by atoms with van der Waals surface area (Å²) in [5.41, 5.74) is 7.18. The number of thioether (sulfide) groups is 1. The number of oxazole rings is 1. The third kappa shape index (κ3) is 10.2. The highest BCUT2D eigenvalue weighted by Crippen LogP contribution is 2.44. The minimum Gasteiger partial charge on any atom is -0.431 e. The lowest BCUT2D eigenvalue weighted by molar-refractivity contribution is -0.268. The Bertz CT molecular complexity index is 2620. The van der Waals surface area contributed by atoms with Crippen molar-refractivity contribution in [3.63, 3.8) is 0 Å². The van der Waals surface area contributed by atoms with E-state index < -0.39 is 28.3 Å². The van der Waals surface area contributed by atoms with Gasteiger partial charge in [0.25, 0.3) is 5.22 Å². The third-order valence-corrected chi connectivity index (χ3v) is 13.2. The number of amides is 1. The summed E-state index contributed by atoms with van der Waals surface area (Å²) < 4.78 is 49.7. The van der Waals surface area contributed by atoms with Gasteiger partial charge in [0, 0.05) is 34.0 Å². The molecule has 7 aromatic rings. The molecule has 8 rings (SSSR count). The number of nitrogens with zero attached hydrogens (tertiary/aromatic N) is 1. The number of rotatable bonds is 15. The lowest BCUT2D eigenvalue weighted by Gasteiger charge is -2.41. The van der Waals surface area contributed by atoms with Gasteiger partial charge >= 0.3 is 0 Å². The summed E-state index contributed by atoms with van der Waals surface area (Å²) in [5.74, 6) is 0.549. The quantitative estimate of drug-likeness (QED) is 0.0860. The van der Waals surface area contributed by atoms with Gasteiger partial charge in [-0.3, -0.25) is 4.79 Å². The molecular formula is C50H47N3O7S2. The number of carbonyl (C=O) groups is 1. The summed E-state index contributed by atoms with van der Waals surface area (Å²) in [6.45, 7) is 3.90. The van der Waals surface area contributed by atoms with Gasteiger partial charge in [-0.2, -0.15) is 4.72 Å². The fourth-order valence-electron chi connectivity index (χ4n) is 7.41. The Hall–Kier alpha value is -5.86. The molecule has 2 heterocycles. The van der Waals surface area contributed by atoms with Gasteiger partial charge in [-0.15, -0.1) is 0 Å². The SMILES string of the molecule is Cc1ccc(S(=O)(=O)NC(Cc2ccccc2)C(=O)Nc2cccc(C3OC(CSc4nc(-c5ccccc5)c(-c5ccccc5)o4)C(C)C(c4ccc(CO)cc4)O3)c2)cc1. The molecule has 62 heavy (non-hydrogen) atoms. The average molecular weight is 866 g/mol. The number of aliphatic hydroxyl groups excluding tert-OH is 1. The Kier molecular flexibility index (Phi) is 13.4. The minimum absolute atomic E-state index is 0.0705. The van der Waals surface area contributed by atoms with Crippen LogP contribution in [0.15, 0.2) is 178 Å². The van der Waals surface area contributed by atoms with Crippen LogP contribution < -0.4 is 10.0 Å². The number of sulfonamides is 1. The summed E-state index contributed by atoms with van der Waals surface area (Å²) in [5, 5.41) is 13.2. The molecule has 12 heteroatoms. The lowest BCUT2D eigenvalue weighted by Crippen LogP contribution is -2.45. The predicted octanol–water partition coefficient (Wildman–Crippen LogP) is 9.92. The van der Waals surface area contributed by atoms with Crippen LogP contribution in [0.3, 0.4) is 0 Å². The highest BCUT2D eigenvalue weighted by molar-refractivity contribution is 7.99. The van der Waals surface area contributed by atoms with Gasteiger partial charge in [0.15, 0.2) is 12.1 Å². The largest absolute Gasteiger partial charge is 0.431 e. The molecule has 0 radical (unpaired) electrons. The van der Waals surface area contributed by atoms with Gasteiger partial charge < -0.3 is 24.3 Å². The zero-order valence-corrected chi connectivity index (χ0v) is 35.9. The molecule has 1 aliphatic heterocycles. The van der Waals surface area contributed by atoms with Crippen molar-refractivity contribution in [2.75, 3.05) is 11.1 Å². The molecule has 1 amide bonds. The van der Waals surface area contributed by atoms with E-state index in [0.29, 0.717) is 28.0 Å². The third-order valence-electron chi connectivity index (χ3n) is 10.8. The van der Waals surface area contributed by atoms with Crippen LogP contribution in [-0.2, 0) is 37.3 Å². The van der Waals surface area contributed by atoms with Crippen molar-refractivity contribution in [2.24, 2.45) is 5.92 Å². The maximum Gasteiger partial charge on any atom is 0.256 e. The van der Waals surface area contributed by atoms with Gasteiger partial charge in [0.2, 0.25) is 15.9 Å². The molecule has 1 aliphatic rings. The number of hydrogen-bond donors (Lipinski definition) is 3. The lowest BCUT2D eigenvalue weighted by atomic mass is 9.91. The first-order valence-corrected chi connectivity index (χ1v) is 22.9. The van der Waals surface area contributed by atoms with Crippen molar-refractivity contribution >= 4 is 33.4 Å². The van der Waals surface area contributed by atoms with Crippen LogP contribution in [-0.4, -0.2) is 42.3 Å². The molecule has 5 unspecified atom stereocenters. The molecule has 0 aliphatic carbocycles. The first kappa shape index (κ1) is 42.8. The first-order chi connectivity index (χ1) is 30.1. The zero-order chi connectivity index (χ0) is 43.1. The van der Waals surface area contributed by atoms with E-state index in [4.69, 9.17) is 18.9 Å². The highest BCUT2D eigenvalue weighted by Gasteiger charge is 2.39. The number of hydrogen-bond acceptors (Lipinski definition) is 9. The van der Waals surface area contributed by atoms with Crippen LogP contribution in [0.2, 0.25) is 0 Å². The number of aryl methyl sites for hydroxylation is 1. The number of anilines is 1. The van der Waals surface area contributed by atoms with Gasteiger partial charge in [0.05, 0.1) is 23.7 Å². The Labute approximate surface area is 366 Å². The molecule has 3 N–H and O–H groups in total. The van der Waals surface area contributed by atoms with E-state index in [1.54, 1.807) is 30.3 Å². The number of ether oxygens (including phenoxy) is 2. The molecule has 10 nitrogen and oxygen atoms in total. The van der Waals surface area contributed by atoms with Gasteiger partial charge in [-0.05, 0) is 54.3 Å². The minimum atomic E-state index is -4.04. The Balaban J connectivity index is 1.05. The number of aromatic nitrogens is 1.